The van der Waals surface area contributed by atoms with Gasteiger partial charge in [0.05, 0.1) is 10.6 Å². The second kappa shape index (κ2) is 6.89. The molecule has 0 radical (unpaired) electrons. The summed E-state index contributed by atoms with van der Waals surface area (Å²) in [5.74, 6) is -1.13. The fourth-order valence-electron chi connectivity index (χ4n) is 3.02. The van der Waals surface area contributed by atoms with Gasteiger partial charge in [-0.3, -0.25) is 4.79 Å². The smallest absolute Gasteiger partial charge is 0.214 e. The van der Waals surface area contributed by atoms with Crippen LogP contribution in [0, 0.1) is 5.82 Å². The highest BCUT2D eigenvalue weighted by Crippen LogP contribution is 2.40. The topological polar surface area (TPSA) is 54.5 Å². The molecular formula is C21H13ClFNO3S. The Morgan fingerprint density at radius 1 is 0.929 bits per heavy atom. The van der Waals surface area contributed by atoms with E-state index in [-0.39, 0.29) is 10.5 Å². The summed E-state index contributed by atoms with van der Waals surface area (Å²) in [6.45, 7) is 0. The van der Waals surface area contributed by atoms with Crippen molar-refractivity contribution >= 4 is 38.6 Å². The van der Waals surface area contributed by atoms with E-state index in [9.17, 15) is 17.6 Å². The summed E-state index contributed by atoms with van der Waals surface area (Å²) in [5.41, 5.74) is 0.947. The van der Waals surface area contributed by atoms with Crippen LogP contribution in [0.15, 0.2) is 88.8 Å². The predicted molar refractivity (Wildman–Crippen MR) is 106 cm³/mol. The quantitative estimate of drug-likeness (QED) is 0.558. The van der Waals surface area contributed by atoms with Gasteiger partial charge in [0, 0.05) is 22.5 Å². The molecule has 3 aromatic rings. The fraction of sp³-hybridized carbons (Fsp3) is 0. The first-order valence-corrected chi connectivity index (χ1v) is 10.1. The van der Waals surface area contributed by atoms with Crippen LogP contribution in [-0.2, 0) is 9.84 Å². The third-order valence-corrected chi connectivity index (χ3v) is 6.41. The van der Waals surface area contributed by atoms with Crippen molar-refractivity contribution in [2.75, 3.05) is 4.90 Å². The second-order valence-electron chi connectivity index (χ2n) is 6.15. The summed E-state index contributed by atoms with van der Waals surface area (Å²) in [6, 6.07) is 18.0. The molecule has 0 bridgehead atoms. The second-order valence-corrected chi connectivity index (χ2v) is 8.47. The van der Waals surface area contributed by atoms with E-state index >= 15 is 0 Å². The van der Waals surface area contributed by atoms with Gasteiger partial charge in [-0.1, -0.05) is 29.8 Å². The SMILES string of the molecule is O=C(C1=CN(c2cccc(F)c2)c2ccccc2S1(=O)=O)c1ccc(Cl)cc1. The highest BCUT2D eigenvalue weighted by atomic mass is 35.5. The number of ketones is 1. The first-order valence-electron chi connectivity index (χ1n) is 8.29. The molecule has 3 aromatic carbocycles. The van der Waals surface area contributed by atoms with Gasteiger partial charge in [0.15, 0.2) is 0 Å². The van der Waals surface area contributed by atoms with E-state index in [0.29, 0.717) is 16.4 Å². The van der Waals surface area contributed by atoms with E-state index in [4.69, 9.17) is 11.6 Å². The maximum Gasteiger partial charge on any atom is 0.214 e. The molecule has 28 heavy (non-hydrogen) atoms. The molecule has 0 fully saturated rings. The van der Waals surface area contributed by atoms with Crippen LogP contribution < -0.4 is 4.90 Å². The van der Waals surface area contributed by atoms with E-state index in [1.807, 2.05) is 0 Å². The van der Waals surface area contributed by atoms with Gasteiger partial charge in [-0.25, -0.2) is 12.8 Å². The lowest BCUT2D eigenvalue weighted by Crippen LogP contribution is -2.25. The molecule has 7 heteroatoms. The summed E-state index contributed by atoms with van der Waals surface area (Å²) in [4.78, 5) is 14.1. The number of sulfone groups is 1. The number of hydrogen-bond donors (Lipinski definition) is 0. The van der Waals surface area contributed by atoms with Crippen molar-refractivity contribution in [3.05, 3.63) is 100 Å². The van der Waals surface area contributed by atoms with E-state index in [1.165, 1.54) is 59.6 Å². The third-order valence-electron chi connectivity index (χ3n) is 4.37. The zero-order valence-corrected chi connectivity index (χ0v) is 15.9. The molecule has 0 N–H and O–H groups in total. The van der Waals surface area contributed by atoms with Gasteiger partial charge in [-0.15, -0.1) is 0 Å². The number of halogens is 2. The number of hydrogen-bond acceptors (Lipinski definition) is 4. The maximum absolute atomic E-state index is 13.8. The molecule has 4 rings (SSSR count). The standard InChI is InChI=1S/C21H13ClFNO3S/c22-15-10-8-14(9-11-15)21(25)20-13-24(17-5-3-4-16(23)12-17)18-6-1-2-7-19(18)28(20,26)27/h1-13H. The first-order chi connectivity index (χ1) is 13.4. The fourth-order valence-corrected chi connectivity index (χ4v) is 4.69. The molecule has 0 unspecified atom stereocenters. The van der Waals surface area contributed by atoms with Crippen LogP contribution in [-0.4, -0.2) is 14.2 Å². The third kappa shape index (κ3) is 3.10. The molecule has 4 nitrogen and oxygen atoms in total. The normalized spacial score (nSPS) is 14.9. The Morgan fingerprint density at radius 3 is 2.36 bits per heavy atom. The largest absolute Gasteiger partial charge is 0.314 e. The van der Waals surface area contributed by atoms with Crippen LogP contribution in [0.4, 0.5) is 15.8 Å². The van der Waals surface area contributed by atoms with Crippen molar-refractivity contribution in [3.63, 3.8) is 0 Å². The zero-order chi connectivity index (χ0) is 19.9. The van der Waals surface area contributed by atoms with E-state index in [0.717, 1.165) is 0 Å². The number of para-hydroxylation sites is 1. The Hall–Kier alpha value is -2.96. The van der Waals surface area contributed by atoms with E-state index < -0.39 is 26.3 Å². The van der Waals surface area contributed by atoms with Crippen LogP contribution in [0.5, 0.6) is 0 Å². The molecule has 0 saturated heterocycles. The lowest BCUT2D eigenvalue weighted by atomic mass is 10.1. The molecule has 0 atom stereocenters. The Morgan fingerprint density at radius 2 is 1.64 bits per heavy atom. The number of fused-ring (bicyclic) bond motifs is 1. The monoisotopic (exact) mass is 413 g/mol. The summed E-state index contributed by atoms with van der Waals surface area (Å²) < 4.78 is 40.0. The average Bonchev–Trinajstić information content (AvgIpc) is 2.68. The molecule has 0 aromatic heterocycles. The number of carbonyl (C=O) groups is 1. The van der Waals surface area contributed by atoms with Crippen LogP contribution in [0.1, 0.15) is 10.4 Å². The highest BCUT2D eigenvalue weighted by Gasteiger charge is 2.36. The Bertz CT molecular complexity index is 1220. The number of rotatable bonds is 3. The minimum Gasteiger partial charge on any atom is -0.314 e. The Labute approximate surface area is 166 Å². The van der Waals surface area contributed by atoms with Crippen molar-refractivity contribution in [2.24, 2.45) is 0 Å². The van der Waals surface area contributed by atoms with Gasteiger partial charge >= 0.3 is 0 Å². The molecule has 140 valence electrons. The van der Waals surface area contributed by atoms with Crippen molar-refractivity contribution in [2.45, 2.75) is 4.90 Å². The van der Waals surface area contributed by atoms with Crippen LogP contribution >= 0.6 is 11.6 Å². The van der Waals surface area contributed by atoms with Gasteiger partial charge in [-0.05, 0) is 54.6 Å². The number of allylic oxidation sites excluding steroid dienone is 1. The van der Waals surface area contributed by atoms with E-state index in [2.05, 4.69) is 0 Å². The summed E-state index contributed by atoms with van der Waals surface area (Å²) >= 11 is 5.86. The number of nitrogens with zero attached hydrogens (tertiary/aromatic N) is 1. The summed E-state index contributed by atoms with van der Waals surface area (Å²) in [6.07, 6.45) is 1.24. The molecule has 1 heterocycles. The molecule has 0 aliphatic carbocycles. The Balaban J connectivity index is 1.92. The average molecular weight is 414 g/mol. The van der Waals surface area contributed by atoms with Gasteiger partial charge in [0.1, 0.15) is 10.7 Å². The molecule has 0 saturated carbocycles. The van der Waals surface area contributed by atoms with Crippen LogP contribution in [0.3, 0.4) is 0 Å². The van der Waals surface area contributed by atoms with Crippen LogP contribution in [0.2, 0.25) is 5.02 Å². The number of carbonyl (C=O) groups excluding carboxylic acids is 1. The lowest BCUT2D eigenvalue weighted by Gasteiger charge is -2.28. The molecule has 0 spiro atoms. The first kappa shape index (κ1) is 18.4. The summed E-state index contributed by atoms with van der Waals surface area (Å²) in [5, 5.41) is 0.434. The highest BCUT2D eigenvalue weighted by molar-refractivity contribution is 7.96. The lowest BCUT2D eigenvalue weighted by molar-refractivity contribution is 0.104. The summed E-state index contributed by atoms with van der Waals surface area (Å²) in [7, 11) is -4.05. The van der Waals surface area contributed by atoms with Crippen molar-refractivity contribution < 1.29 is 17.6 Å². The molecule has 1 aliphatic heterocycles. The number of benzene rings is 3. The van der Waals surface area contributed by atoms with Gasteiger partial charge in [0.2, 0.25) is 15.6 Å². The Kier molecular flexibility index (Phi) is 4.53. The molecular weight excluding hydrogens is 401 g/mol. The van der Waals surface area contributed by atoms with Gasteiger partial charge < -0.3 is 4.90 Å². The minimum absolute atomic E-state index is 0.0147. The minimum atomic E-state index is -4.05. The zero-order valence-electron chi connectivity index (χ0n) is 14.3. The van der Waals surface area contributed by atoms with Gasteiger partial charge in [0.25, 0.3) is 0 Å². The van der Waals surface area contributed by atoms with Gasteiger partial charge in [-0.2, -0.15) is 0 Å². The van der Waals surface area contributed by atoms with E-state index in [1.54, 1.807) is 24.3 Å². The molecule has 0 amide bonds. The maximum atomic E-state index is 13.8. The predicted octanol–water partition coefficient (Wildman–Crippen LogP) is 5.13. The molecule has 1 aliphatic rings. The van der Waals surface area contributed by atoms with Crippen molar-refractivity contribution in [3.8, 4) is 0 Å². The van der Waals surface area contributed by atoms with Crippen molar-refractivity contribution in [1.29, 1.82) is 0 Å². The number of Topliss-reactive ketones (excluding diaryl/α,β-unsaturated/α-hetero) is 1. The van der Waals surface area contributed by atoms with Crippen molar-refractivity contribution in [1.82, 2.24) is 0 Å². The van der Waals surface area contributed by atoms with Crippen LogP contribution in [0.25, 0.3) is 0 Å². The number of anilines is 2.